The summed E-state index contributed by atoms with van der Waals surface area (Å²) in [4.78, 5) is 11.1. The molecule has 0 fully saturated rings. The molecule has 6 nitrogen and oxygen atoms in total. The van der Waals surface area contributed by atoms with Crippen molar-refractivity contribution in [3.05, 3.63) is 29.8 Å². The van der Waals surface area contributed by atoms with Crippen LogP contribution in [0.4, 0.5) is 0 Å². The molecule has 0 aromatic heterocycles. The standard InChI is InChI=1S/C12H18N2O4S/c1-10-4-3-5-11(8-10)19(16,17)14(6-7-18-2)9-12(13)15/h3-5,8H,6-7,9H2,1-2H3,(H2,13,15). The third-order valence-corrected chi connectivity index (χ3v) is 4.35. The van der Waals surface area contributed by atoms with Crippen LogP contribution in [0.25, 0.3) is 0 Å². The van der Waals surface area contributed by atoms with Gasteiger partial charge in [0.2, 0.25) is 15.9 Å². The van der Waals surface area contributed by atoms with E-state index in [2.05, 4.69) is 0 Å². The van der Waals surface area contributed by atoms with E-state index in [-0.39, 0.29) is 24.6 Å². The summed E-state index contributed by atoms with van der Waals surface area (Å²) in [6.45, 7) is 1.71. The van der Waals surface area contributed by atoms with Crippen LogP contribution < -0.4 is 5.73 Å². The van der Waals surface area contributed by atoms with Crippen molar-refractivity contribution in [2.45, 2.75) is 11.8 Å². The molecule has 1 aromatic rings. The molecule has 0 heterocycles. The van der Waals surface area contributed by atoms with Crippen molar-refractivity contribution in [3.8, 4) is 0 Å². The maximum absolute atomic E-state index is 12.4. The fraction of sp³-hybridized carbons (Fsp3) is 0.417. The molecular weight excluding hydrogens is 268 g/mol. The van der Waals surface area contributed by atoms with Crippen molar-refractivity contribution in [2.24, 2.45) is 5.73 Å². The van der Waals surface area contributed by atoms with Crippen LogP contribution in [0.1, 0.15) is 5.56 Å². The highest BCUT2D eigenvalue weighted by Crippen LogP contribution is 2.16. The molecule has 0 aliphatic heterocycles. The van der Waals surface area contributed by atoms with Crippen LogP contribution in [0.5, 0.6) is 0 Å². The number of aryl methyl sites for hydroxylation is 1. The number of primary amides is 1. The number of ether oxygens (including phenoxy) is 1. The number of amides is 1. The molecule has 0 radical (unpaired) electrons. The SMILES string of the molecule is COCCN(CC(N)=O)S(=O)(=O)c1cccc(C)c1. The Kier molecular flexibility index (Phi) is 5.46. The number of methoxy groups -OCH3 is 1. The van der Waals surface area contributed by atoms with Crippen LogP contribution in [0.2, 0.25) is 0 Å². The van der Waals surface area contributed by atoms with Crippen LogP contribution in [-0.2, 0) is 19.6 Å². The molecule has 19 heavy (non-hydrogen) atoms. The van der Waals surface area contributed by atoms with Gasteiger partial charge in [0.15, 0.2) is 0 Å². The van der Waals surface area contributed by atoms with Gasteiger partial charge in [-0.05, 0) is 24.6 Å². The highest BCUT2D eigenvalue weighted by molar-refractivity contribution is 7.89. The number of benzene rings is 1. The summed E-state index contributed by atoms with van der Waals surface area (Å²) in [6, 6.07) is 6.49. The largest absolute Gasteiger partial charge is 0.383 e. The molecule has 1 aromatic carbocycles. The zero-order valence-electron chi connectivity index (χ0n) is 11.0. The van der Waals surface area contributed by atoms with Gasteiger partial charge in [0.25, 0.3) is 0 Å². The maximum atomic E-state index is 12.4. The number of carbonyl (C=O) groups is 1. The number of hydrogen-bond acceptors (Lipinski definition) is 4. The summed E-state index contributed by atoms with van der Waals surface area (Å²) >= 11 is 0. The van der Waals surface area contributed by atoms with Gasteiger partial charge >= 0.3 is 0 Å². The average molecular weight is 286 g/mol. The molecule has 1 rings (SSSR count). The summed E-state index contributed by atoms with van der Waals surface area (Å²) in [5.74, 6) is -0.702. The quantitative estimate of drug-likeness (QED) is 0.770. The number of nitrogens with two attached hydrogens (primary N) is 1. The molecular formula is C12H18N2O4S. The molecule has 0 aliphatic carbocycles. The Morgan fingerprint density at radius 1 is 1.42 bits per heavy atom. The molecule has 7 heteroatoms. The van der Waals surface area contributed by atoms with E-state index in [0.717, 1.165) is 9.87 Å². The van der Waals surface area contributed by atoms with Gasteiger partial charge in [-0.25, -0.2) is 8.42 Å². The van der Waals surface area contributed by atoms with Gasteiger partial charge < -0.3 is 10.5 Å². The monoisotopic (exact) mass is 286 g/mol. The Balaban J connectivity index is 3.07. The minimum absolute atomic E-state index is 0.0791. The predicted octanol–water partition coefficient (Wildman–Crippen LogP) is 0.117. The summed E-state index contributed by atoms with van der Waals surface area (Å²) in [5.41, 5.74) is 5.91. The van der Waals surface area contributed by atoms with Crippen LogP contribution in [0.3, 0.4) is 0 Å². The van der Waals surface area contributed by atoms with Crippen LogP contribution in [-0.4, -0.2) is 45.4 Å². The van der Waals surface area contributed by atoms with Crippen LogP contribution in [0, 0.1) is 6.92 Å². The van der Waals surface area contributed by atoms with E-state index in [1.807, 2.05) is 0 Å². The Hall–Kier alpha value is -1.44. The highest BCUT2D eigenvalue weighted by Gasteiger charge is 2.25. The van der Waals surface area contributed by atoms with Gasteiger partial charge in [0, 0.05) is 13.7 Å². The van der Waals surface area contributed by atoms with Crippen molar-refractivity contribution in [1.82, 2.24) is 4.31 Å². The van der Waals surface area contributed by atoms with E-state index in [1.54, 1.807) is 25.1 Å². The number of sulfonamides is 1. The van der Waals surface area contributed by atoms with Crippen molar-refractivity contribution in [2.75, 3.05) is 26.8 Å². The number of carbonyl (C=O) groups excluding carboxylic acids is 1. The first-order chi connectivity index (χ1) is 8.87. The molecule has 0 saturated carbocycles. The lowest BCUT2D eigenvalue weighted by Gasteiger charge is -2.20. The highest BCUT2D eigenvalue weighted by atomic mass is 32.2. The normalized spacial score (nSPS) is 11.7. The topological polar surface area (TPSA) is 89.7 Å². The molecule has 0 saturated heterocycles. The van der Waals surface area contributed by atoms with Crippen molar-refractivity contribution in [1.29, 1.82) is 0 Å². The van der Waals surface area contributed by atoms with E-state index >= 15 is 0 Å². The minimum atomic E-state index is -3.74. The first-order valence-corrected chi connectivity index (χ1v) is 7.16. The van der Waals surface area contributed by atoms with E-state index in [9.17, 15) is 13.2 Å². The third kappa shape index (κ3) is 4.30. The summed E-state index contributed by atoms with van der Waals surface area (Å²) in [6.07, 6.45) is 0. The number of hydrogen-bond donors (Lipinski definition) is 1. The van der Waals surface area contributed by atoms with Gasteiger partial charge in [0.05, 0.1) is 18.0 Å². The van der Waals surface area contributed by atoms with Crippen molar-refractivity contribution >= 4 is 15.9 Å². The average Bonchev–Trinajstić information content (AvgIpc) is 2.34. The summed E-state index contributed by atoms with van der Waals surface area (Å²) in [5, 5.41) is 0. The van der Waals surface area contributed by atoms with E-state index in [4.69, 9.17) is 10.5 Å². The molecule has 0 atom stereocenters. The van der Waals surface area contributed by atoms with Crippen molar-refractivity contribution < 1.29 is 17.9 Å². The Morgan fingerprint density at radius 2 is 2.11 bits per heavy atom. The Labute approximate surface area is 113 Å². The molecule has 2 N–H and O–H groups in total. The van der Waals surface area contributed by atoms with Crippen molar-refractivity contribution in [3.63, 3.8) is 0 Å². The van der Waals surface area contributed by atoms with Gasteiger partial charge in [0.1, 0.15) is 0 Å². The van der Waals surface area contributed by atoms with Gasteiger partial charge in [-0.1, -0.05) is 12.1 Å². The lowest BCUT2D eigenvalue weighted by Crippen LogP contribution is -2.40. The second-order valence-electron chi connectivity index (χ2n) is 4.11. The number of rotatable bonds is 7. The van der Waals surface area contributed by atoms with E-state index in [0.29, 0.717) is 0 Å². The van der Waals surface area contributed by atoms with Gasteiger partial charge in [-0.2, -0.15) is 4.31 Å². The van der Waals surface area contributed by atoms with Gasteiger partial charge in [-0.3, -0.25) is 4.79 Å². The first kappa shape index (κ1) is 15.6. The molecule has 0 spiro atoms. The summed E-state index contributed by atoms with van der Waals surface area (Å²) in [7, 11) is -2.28. The number of nitrogens with zero attached hydrogens (tertiary/aromatic N) is 1. The Bertz CT molecular complexity index is 542. The molecule has 106 valence electrons. The fourth-order valence-electron chi connectivity index (χ4n) is 1.58. The smallest absolute Gasteiger partial charge is 0.243 e. The predicted molar refractivity (Wildman–Crippen MR) is 71.0 cm³/mol. The first-order valence-electron chi connectivity index (χ1n) is 5.72. The third-order valence-electron chi connectivity index (χ3n) is 2.50. The van der Waals surface area contributed by atoms with Crippen LogP contribution >= 0.6 is 0 Å². The second kappa shape index (κ2) is 6.65. The van der Waals surface area contributed by atoms with E-state index < -0.39 is 15.9 Å². The lowest BCUT2D eigenvalue weighted by molar-refractivity contribution is -0.118. The zero-order valence-corrected chi connectivity index (χ0v) is 11.8. The molecule has 0 unspecified atom stereocenters. The Morgan fingerprint density at radius 3 is 2.63 bits per heavy atom. The van der Waals surface area contributed by atoms with Crippen LogP contribution in [0.15, 0.2) is 29.2 Å². The zero-order chi connectivity index (χ0) is 14.5. The van der Waals surface area contributed by atoms with E-state index in [1.165, 1.54) is 13.2 Å². The van der Waals surface area contributed by atoms with Gasteiger partial charge in [-0.15, -0.1) is 0 Å². The molecule has 0 bridgehead atoms. The summed E-state index contributed by atoms with van der Waals surface area (Å²) < 4.78 is 30.6. The molecule has 0 aliphatic rings. The molecule has 1 amide bonds. The minimum Gasteiger partial charge on any atom is -0.383 e. The second-order valence-corrected chi connectivity index (χ2v) is 6.05. The lowest BCUT2D eigenvalue weighted by atomic mass is 10.2. The maximum Gasteiger partial charge on any atom is 0.243 e. The fourth-order valence-corrected chi connectivity index (χ4v) is 3.07.